The van der Waals surface area contributed by atoms with Gasteiger partial charge in [-0.1, -0.05) is 24.3 Å². The molecule has 3 aromatic rings. The number of hydrogen-bond donors (Lipinski definition) is 1. The summed E-state index contributed by atoms with van der Waals surface area (Å²) in [4.78, 5) is 12.4. The summed E-state index contributed by atoms with van der Waals surface area (Å²) < 4.78 is 11.1. The molecule has 1 N–H and O–H groups in total. The van der Waals surface area contributed by atoms with Gasteiger partial charge >= 0.3 is 0 Å². The number of fused-ring (bicyclic) bond motifs is 1. The Kier molecular flexibility index (Phi) is 3.83. The average molecular weight is 295 g/mol. The van der Waals surface area contributed by atoms with E-state index in [-0.39, 0.29) is 11.7 Å². The first-order valence-corrected chi connectivity index (χ1v) is 7.21. The first-order valence-electron chi connectivity index (χ1n) is 7.21. The van der Waals surface area contributed by atoms with Gasteiger partial charge in [-0.3, -0.25) is 4.79 Å². The third kappa shape index (κ3) is 2.81. The predicted molar refractivity (Wildman–Crippen MR) is 86.5 cm³/mol. The standard InChI is InChI=1S/C18H17NO3/c1-3-21-15-7-5-4-6-14(15)19-18(20)17-11-13-9-8-12(2)10-16(13)22-17/h4-11H,3H2,1-2H3,(H,19,20). The van der Waals surface area contributed by atoms with Crippen molar-refractivity contribution in [3.8, 4) is 5.75 Å². The lowest BCUT2D eigenvalue weighted by Crippen LogP contribution is -2.12. The fourth-order valence-corrected chi connectivity index (χ4v) is 2.29. The maximum absolute atomic E-state index is 12.4. The SMILES string of the molecule is CCOc1ccccc1NC(=O)c1cc2ccc(C)cc2o1. The fourth-order valence-electron chi connectivity index (χ4n) is 2.29. The number of rotatable bonds is 4. The van der Waals surface area contributed by atoms with Gasteiger partial charge in [-0.05, 0) is 43.7 Å². The Morgan fingerprint density at radius 1 is 1.18 bits per heavy atom. The second-order valence-electron chi connectivity index (χ2n) is 5.04. The Balaban J connectivity index is 1.87. The molecule has 4 heteroatoms. The van der Waals surface area contributed by atoms with Crippen LogP contribution in [0.1, 0.15) is 23.0 Å². The zero-order chi connectivity index (χ0) is 15.5. The van der Waals surface area contributed by atoms with E-state index in [4.69, 9.17) is 9.15 Å². The summed E-state index contributed by atoms with van der Waals surface area (Å²) in [5.74, 6) is 0.637. The number of carbonyl (C=O) groups excluding carboxylic acids is 1. The van der Waals surface area contributed by atoms with Crippen molar-refractivity contribution in [3.05, 3.63) is 59.9 Å². The molecule has 0 saturated carbocycles. The average Bonchev–Trinajstić information content (AvgIpc) is 2.92. The van der Waals surface area contributed by atoms with E-state index in [1.807, 2.05) is 50.2 Å². The van der Waals surface area contributed by atoms with E-state index >= 15 is 0 Å². The molecule has 0 aliphatic heterocycles. The van der Waals surface area contributed by atoms with E-state index in [2.05, 4.69) is 5.32 Å². The van der Waals surface area contributed by atoms with Gasteiger partial charge in [-0.2, -0.15) is 0 Å². The number of amides is 1. The zero-order valence-electron chi connectivity index (χ0n) is 12.6. The summed E-state index contributed by atoms with van der Waals surface area (Å²) in [6, 6.07) is 14.9. The Morgan fingerprint density at radius 2 is 2.00 bits per heavy atom. The van der Waals surface area contributed by atoms with Gasteiger partial charge in [0.1, 0.15) is 11.3 Å². The summed E-state index contributed by atoms with van der Waals surface area (Å²) >= 11 is 0. The third-order valence-electron chi connectivity index (χ3n) is 3.33. The smallest absolute Gasteiger partial charge is 0.291 e. The van der Waals surface area contributed by atoms with Crippen molar-refractivity contribution in [2.45, 2.75) is 13.8 Å². The van der Waals surface area contributed by atoms with Crippen LogP contribution in [-0.2, 0) is 0 Å². The number of ether oxygens (including phenoxy) is 1. The molecule has 4 nitrogen and oxygen atoms in total. The Labute approximate surface area is 128 Å². The minimum Gasteiger partial charge on any atom is -0.492 e. The van der Waals surface area contributed by atoms with Crippen molar-refractivity contribution in [2.24, 2.45) is 0 Å². The topological polar surface area (TPSA) is 51.5 Å². The summed E-state index contributed by atoms with van der Waals surface area (Å²) in [7, 11) is 0. The van der Waals surface area contributed by atoms with Crippen LogP contribution < -0.4 is 10.1 Å². The van der Waals surface area contributed by atoms with Crippen LogP contribution in [-0.4, -0.2) is 12.5 Å². The highest BCUT2D eigenvalue weighted by atomic mass is 16.5. The first kappa shape index (κ1) is 14.2. The minimum atomic E-state index is -0.291. The molecule has 3 rings (SSSR count). The lowest BCUT2D eigenvalue weighted by molar-refractivity contribution is 0.0998. The van der Waals surface area contributed by atoms with Gasteiger partial charge < -0.3 is 14.5 Å². The van der Waals surface area contributed by atoms with Gasteiger partial charge in [0.2, 0.25) is 0 Å². The molecule has 22 heavy (non-hydrogen) atoms. The molecule has 0 aliphatic carbocycles. The largest absolute Gasteiger partial charge is 0.492 e. The van der Waals surface area contributed by atoms with Crippen LogP contribution in [0.25, 0.3) is 11.0 Å². The third-order valence-corrected chi connectivity index (χ3v) is 3.33. The van der Waals surface area contributed by atoms with Crippen LogP contribution in [0.2, 0.25) is 0 Å². The van der Waals surface area contributed by atoms with Gasteiger partial charge in [-0.15, -0.1) is 0 Å². The molecular weight excluding hydrogens is 278 g/mol. The van der Waals surface area contributed by atoms with E-state index in [9.17, 15) is 4.79 Å². The molecule has 0 aliphatic rings. The van der Waals surface area contributed by atoms with Crippen LogP contribution in [0, 0.1) is 6.92 Å². The van der Waals surface area contributed by atoms with Gasteiger partial charge in [-0.25, -0.2) is 0 Å². The van der Waals surface area contributed by atoms with Crippen molar-refractivity contribution >= 4 is 22.6 Å². The molecule has 0 fully saturated rings. The molecule has 112 valence electrons. The number of benzene rings is 2. The Morgan fingerprint density at radius 3 is 2.82 bits per heavy atom. The molecule has 0 unspecified atom stereocenters. The van der Waals surface area contributed by atoms with Gasteiger partial charge in [0.05, 0.1) is 12.3 Å². The summed E-state index contributed by atoms with van der Waals surface area (Å²) in [5.41, 5.74) is 2.43. The van der Waals surface area contributed by atoms with Crippen molar-refractivity contribution in [1.82, 2.24) is 0 Å². The number of para-hydroxylation sites is 2. The van der Waals surface area contributed by atoms with Gasteiger partial charge in [0.15, 0.2) is 5.76 Å². The quantitative estimate of drug-likeness (QED) is 0.776. The van der Waals surface area contributed by atoms with E-state index in [0.29, 0.717) is 23.6 Å². The predicted octanol–water partition coefficient (Wildman–Crippen LogP) is 4.39. The monoisotopic (exact) mass is 295 g/mol. The zero-order valence-corrected chi connectivity index (χ0v) is 12.6. The van der Waals surface area contributed by atoms with Crippen molar-refractivity contribution < 1.29 is 13.9 Å². The second kappa shape index (κ2) is 5.93. The number of hydrogen-bond acceptors (Lipinski definition) is 3. The lowest BCUT2D eigenvalue weighted by atomic mass is 10.2. The van der Waals surface area contributed by atoms with Crippen LogP contribution >= 0.6 is 0 Å². The lowest BCUT2D eigenvalue weighted by Gasteiger charge is -2.10. The number of furan rings is 1. The van der Waals surface area contributed by atoms with E-state index < -0.39 is 0 Å². The van der Waals surface area contributed by atoms with Crippen molar-refractivity contribution in [3.63, 3.8) is 0 Å². The highest BCUT2D eigenvalue weighted by Gasteiger charge is 2.14. The number of aryl methyl sites for hydroxylation is 1. The molecule has 2 aromatic carbocycles. The first-order chi connectivity index (χ1) is 10.7. The maximum atomic E-state index is 12.4. The maximum Gasteiger partial charge on any atom is 0.291 e. The van der Waals surface area contributed by atoms with Gasteiger partial charge in [0, 0.05) is 5.39 Å². The van der Waals surface area contributed by atoms with Crippen LogP contribution in [0.3, 0.4) is 0 Å². The van der Waals surface area contributed by atoms with E-state index in [1.165, 1.54) is 0 Å². The molecule has 0 spiro atoms. The number of nitrogens with one attached hydrogen (secondary N) is 1. The van der Waals surface area contributed by atoms with Crippen LogP contribution in [0.15, 0.2) is 52.9 Å². The number of carbonyl (C=O) groups is 1. The van der Waals surface area contributed by atoms with Crippen molar-refractivity contribution in [2.75, 3.05) is 11.9 Å². The molecule has 0 atom stereocenters. The van der Waals surface area contributed by atoms with Gasteiger partial charge in [0.25, 0.3) is 5.91 Å². The Hall–Kier alpha value is -2.75. The highest BCUT2D eigenvalue weighted by molar-refractivity contribution is 6.05. The summed E-state index contributed by atoms with van der Waals surface area (Å²) in [6.45, 7) is 4.43. The number of anilines is 1. The molecule has 0 bridgehead atoms. The molecular formula is C18H17NO3. The Bertz CT molecular complexity index is 820. The molecule has 1 aromatic heterocycles. The van der Waals surface area contributed by atoms with E-state index in [0.717, 1.165) is 10.9 Å². The normalized spacial score (nSPS) is 10.6. The van der Waals surface area contributed by atoms with Crippen molar-refractivity contribution in [1.29, 1.82) is 0 Å². The second-order valence-corrected chi connectivity index (χ2v) is 5.04. The summed E-state index contributed by atoms with van der Waals surface area (Å²) in [6.07, 6.45) is 0. The summed E-state index contributed by atoms with van der Waals surface area (Å²) in [5, 5.41) is 3.74. The van der Waals surface area contributed by atoms with Crippen LogP contribution in [0.4, 0.5) is 5.69 Å². The van der Waals surface area contributed by atoms with E-state index in [1.54, 1.807) is 12.1 Å². The molecule has 1 amide bonds. The molecule has 0 saturated heterocycles. The molecule has 0 radical (unpaired) electrons. The fraction of sp³-hybridized carbons (Fsp3) is 0.167. The molecule has 1 heterocycles. The van der Waals surface area contributed by atoms with Crippen LogP contribution in [0.5, 0.6) is 5.75 Å². The minimum absolute atomic E-state index is 0.284. The highest BCUT2D eigenvalue weighted by Crippen LogP contribution is 2.26.